The fourth-order valence-corrected chi connectivity index (χ4v) is 3.43. The molecule has 20 heavy (non-hydrogen) atoms. The van der Waals surface area contributed by atoms with Gasteiger partial charge in [0, 0.05) is 24.2 Å². The van der Waals surface area contributed by atoms with E-state index in [2.05, 4.69) is 10.3 Å². The van der Waals surface area contributed by atoms with E-state index in [1.165, 1.54) is 11.3 Å². The molecule has 1 amide bonds. The molecule has 1 saturated carbocycles. The van der Waals surface area contributed by atoms with Crippen LogP contribution in [-0.4, -0.2) is 30.1 Å². The van der Waals surface area contributed by atoms with Crippen LogP contribution in [0.25, 0.3) is 10.2 Å². The lowest BCUT2D eigenvalue weighted by Gasteiger charge is -2.34. The number of thiophene rings is 1. The van der Waals surface area contributed by atoms with E-state index in [1.807, 2.05) is 19.1 Å². The van der Waals surface area contributed by atoms with Gasteiger partial charge in [-0.2, -0.15) is 0 Å². The number of rotatable bonds is 3. The summed E-state index contributed by atoms with van der Waals surface area (Å²) in [7, 11) is 1.70. The number of pyridine rings is 1. The third-order valence-corrected chi connectivity index (χ3v) is 4.82. The van der Waals surface area contributed by atoms with Crippen molar-refractivity contribution in [1.29, 1.82) is 0 Å². The Bertz CT molecular complexity index is 662. The van der Waals surface area contributed by atoms with E-state index in [1.54, 1.807) is 7.11 Å². The number of hydrogen-bond donors (Lipinski definition) is 2. The number of amides is 1. The molecule has 5 nitrogen and oxygen atoms in total. The molecule has 0 atom stereocenters. The van der Waals surface area contributed by atoms with Gasteiger partial charge in [0.2, 0.25) is 0 Å². The molecule has 2 heterocycles. The third-order valence-electron chi connectivity index (χ3n) is 3.70. The first-order valence-corrected chi connectivity index (χ1v) is 7.39. The molecule has 0 bridgehead atoms. The summed E-state index contributed by atoms with van der Waals surface area (Å²) in [6.07, 6.45) is 2.00. The van der Waals surface area contributed by atoms with Gasteiger partial charge in [0.1, 0.15) is 9.71 Å². The van der Waals surface area contributed by atoms with Gasteiger partial charge in [-0.3, -0.25) is 4.79 Å². The minimum absolute atomic E-state index is 0.109. The molecule has 0 aromatic carbocycles. The van der Waals surface area contributed by atoms with E-state index >= 15 is 0 Å². The number of nitrogens with one attached hydrogen (secondary N) is 1. The highest BCUT2D eigenvalue weighted by Crippen LogP contribution is 2.33. The predicted octanol–water partition coefficient (Wildman–Crippen LogP) is 2.09. The number of fused-ring (bicyclic) bond motifs is 1. The van der Waals surface area contributed by atoms with Gasteiger partial charge in [-0.15, -0.1) is 11.3 Å². The molecule has 6 heteroatoms. The van der Waals surface area contributed by atoms with Gasteiger partial charge in [-0.05, 0) is 31.9 Å². The van der Waals surface area contributed by atoms with Crippen molar-refractivity contribution in [3.05, 3.63) is 22.7 Å². The van der Waals surface area contributed by atoms with E-state index in [9.17, 15) is 4.79 Å². The zero-order valence-corrected chi connectivity index (χ0v) is 12.3. The molecule has 0 unspecified atom stereocenters. The van der Waals surface area contributed by atoms with Crippen LogP contribution in [-0.2, 0) is 4.74 Å². The molecule has 2 aromatic rings. The van der Waals surface area contributed by atoms with Crippen molar-refractivity contribution in [2.24, 2.45) is 0 Å². The highest BCUT2D eigenvalue weighted by atomic mass is 32.1. The second kappa shape index (κ2) is 5.03. The van der Waals surface area contributed by atoms with Crippen molar-refractivity contribution in [2.45, 2.75) is 31.9 Å². The lowest BCUT2D eigenvalue weighted by atomic mass is 9.89. The summed E-state index contributed by atoms with van der Waals surface area (Å²) in [5.41, 5.74) is 7.51. The second-order valence-corrected chi connectivity index (χ2v) is 6.15. The van der Waals surface area contributed by atoms with Crippen LogP contribution in [0.15, 0.2) is 12.1 Å². The van der Waals surface area contributed by atoms with Crippen LogP contribution in [0.4, 0.5) is 5.69 Å². The van der Waals surface area contributed by atoms with Crippen LogP contribution in [0, 0.1) is 6.92 Å². The quantitative estimate of drug-likeness (QED) is 0.908. The molecule has 0 radical (unpaired) electrons. The first kappa shape index (κ1) is 13.3. The van der Waals surface area contributed by atoms with Crippen molar-refractivity contribution in [3.63, 3.8) is 0 Å². The average Bonchev–Trinajstić information content (AvgIpc) is 2.70. The van der Waals surface area contributed by atoms with Gasteiger partial charge in [0.05, 0.1) is 11.8 Å². The minimum Gasteiger partial charge on any atom is -0.397 e. The largest absolute Gasteiger partial charge is 0.397 e. The molecule has 0 saturated heterocycles. The number of anilines is 1. The maximum absolute atomic E-state index is 12.3. The Labute approximate surface area is 121 Å². The van der Waals surface area contributed by atoms with Gasteiger partial charge in [0.25, 0.3) is 5.91 Å². The minimum atomic E-state index is -0.109. The maximum Gasteiger partial charge on any atom is 0.263 e. The number of aromatic nitrogens is 1. The number of nitrogens with zero attached hydrogens (tertiary/aromatic N) is 1. The molecule has 3 N–H and O–H groups in total. The van der Waals surface area contributed by atoms with E-state index < -0.39 is 0 Å². The van der Waals surface area contributed by atoms with Crippen LogP contribution >= 0.6 is 11.3 Å². The Hall–Kier alpha value is -1.66. The number of ether oxygens (including phenoxy) is 1. The normalized spacial score (nSPS) is 21.7. The highest BCUT2D eigenvalue weighted by molar-refractivity contribution is 7.21. The number of carbonyl (C=O) groups excluding carboxylic acids is 1. The third kappa shape index (κ3) is 2.25. The van der Waals surface area contributed by atoms with Crippen LogP contribution in [0.1, 0.15) is 28.2 Å². The average molecular weight is 291 g/mol. The molecule has 0 aliphatic heterocycles. The smallest absolute Gasteiger partial charge is 0.263 e. The van der Waals surface area contributed by atoms with Crippen molar-refractivity contribution in [1.82, 2.24) is 10.3 Å². The number of carbonyl (C=O) groups is 1. The zero-order valence-electron chi connectivity index (χ0n) is 11.5. The van der Waals surface area contributed by atoms with Crippen LogP contribution < -0.4 is 11.1 Å². The van der Waals surface area contributed by atoms with Crippen LogP contribution in [0.3, 0.4) is 0 Å². The van der Waals surface area contributed by atoms with Gasteiger partial charge in [-0.25, -0.2) is 4.98 Å². The predicted molar refractivity (Wildman–Crippen MR) is 80.1 cm³/mol. The van der Waals surface area contributed by atoms with Gasteiger partial charge < -0.3 is 15.8 Å². The Morgan fingerprint density at radius 1 is 1.50 bits per heavy atom. The van der Waals surface area contributed by atoms with E-state index in [-0.39, 0.29) is 18.1 Å². The SMILES string of the molecule is COC1CC(NC(=O)c2sc3nc(C)ccc3c2N)C1. The lowest BCUT2D eigenvalue weighted by Crippen LogP contribution is -2.47. The highest BCUT2D eigenvalue weighted by Gasteiger charge is 2.31. The molecular weight excluding hydrogens is 274 g/mol. The summed E-state index contributed by atoms with van der Waals surface area (Å²) in [6.45, 7) is 1.92. The van der Waals surface area contributed by atoms with Crippen LogP contribution in [0.2, 0.25) is 0 Å². The maximum atomic E-state index is 12.3. The Balaban J connectivity index is 1.79. The van der Waals surface area contributed by atoms with Gasteiger partial charge in [0.15, 0.2) is 0 Å². The fourth-order valence-electron chi connectivity index (χ4n) is 2.39. The summed E-state index contributed by atoms with van der Waals surface area (Å²) in [5, 5.41) is 3.85. The summed E-state index contributed by atoms with van der Waals surface area (Å²) in [5.74, 6) is -0.109. The molecule has 0 spiro atoms. The first-order chi connectivity index (χ1) is 9.58. The molecule has 1 fully saturated rings. The lowest BCUT2D eigenvalue weighted by molar-refractivity contribution is 0.0177. The number of nitrogens with two attached hydrogens (primary N) is 1. The molecule has 2 aromatic heterocycles. The van der Waals surface area contributed by atoms with E-state index in [0.29, 0.717) is 10.6 Å². The summed E-state index contributed by atoms with van der Waals surface area (Å²) in [4.78, 5) is 18.1. The van der Waals surface area contributed by atoms with Gasteiger partial charge >= 0.3 is 0 Å². The van der Waals surface area contributed by atoms with Crippen molar-refractivity contribution in [2.75, 3.05) is 12.8 Å². The first-order valence-electron chi connectivity index (χ1n) is 6.57. The molecule has 1 aliphatic carbocycles. The molecule has 106 valence electrons. The monoisotopic (exact) mass is 291 g/mol. The van der Waals surface area contributed by atoms with E-state index in [0.717, 1.165) is 28.8 Å². The van der Waals surface area contributed by atoms with Crippen LogP contribution in [0.5, 0.6) is 0 Å². The second-order valence-electron chi connectivity index (χ2n) is 5.15. The number of hydrogen-bond acceptors (Lipinski definition) is 5. The number of methoxy groups -OCH3 is 1. The standard InChI is InChI=1S/C14H17N3O2S/c1-7-3-4-10-11(15)12(20-14(10)16-7)13(18)17-8-5-9(6-8)19-2/h3-4,8-9H,5-6,15H2,1-2H3,(H,17,18). The topological polar surface area (TPSA) is 77.2 Å². The summed E-state index contributed by atoms with van der Waals surface area (Å²) < 4.78 is 5.21. The Morgan fingerprint density at radius 2 is 2.25 bits per heavy atom. The van der Waals surface area contributed by atoms with E-state index in [4.69, 9.17) is 10.5 Å². The van der Waals surface area contributed by atoms with Crippen molar-refractivity contribution in [3.8, 4) is 0 Å². The summed E-state index contributed by atoms with van der Waals surface area (Å²) >= 11 is 1.35. The Morgan fingerprint density at radius 3 is 2.95 bits per heavy atom. The molecule has 1 aliphatic rings. The number of aryl methyl sites for hydroxylation is 1. The molecular formula is C14H17N3O2S. The Kier molecular flexibility index (Phi) is 3.35. The fraction of sp³-hybridized carbons (Fsp3) is 0.429. The van der Waals surface area contributed by atoms with Crippen molar-refractivity contribution >= 4 is 33.1 Å². The zero-order chi connectivity index (χ0) is 14.3. The summed E-state index contributed by atoms with van der Waals surface area (Å²) in [6, 6.07) is 4.01. The number of nitrogen functional groups attached to an aromatic ring is 1. The van der Waals surface area contributed by atoms with Gasteiger partial charge in [-0.1, -0.05) is 0 Å². The van der Waals surface area contributed by atoms with Crippen molar-refractivity contribution < 1.29 is 9.53 Å². The molecule has 3 rings (SSSR count).